The second-order valence-electron chi connectivity index (χ2n) is 6.45. The van der Waals surface area contributed by atoms with Gasteiger partial charge in [0.15, 0.2) is 5.60 Å². The van der Waals surface area contributed by atoms with Crippen LogP contribution in [0.4, 0.5) is 5.69 Å². The molecule has 1 aromatic rings. The Hall–Kier alpha value is -1.65. The van der Waals surface area contributed by atoms with E-state index < -0.39 is 11.2 Å². The van der Waals surface area contributed by atoms with Crippen molar-refractivity contribution in [1.82, 2.24) is 0 Å². The smallest absolute Gasteiger partial charge is 0.261 e. The number of ether oxygens (including phenoxy) is 1. The molecule has 0 saturated carbocycles. The summed E-state index contributed by atoms with van der Waals surface area (Å²) in [5.74, 6) is -0.169. The molecule has 3 rings (SSSR count). The van der Waals surface area contributed by atoms with Crippen LogP contribution in [0.2, 0.25) is 0 Å². The zero-order chi connectivity index (χ0) is 15.8. The summed E-state index contributed by atoms with van der Waals surface area (Å²) in [4.78, 5) is 12.7. The lowest BCUT2D eigenvalue weighted by atomic mass is 9.75. The van der Waals surface area contributed by atoms with E-state index in [1.807, 2.05) is 24.3 Å². The molecule has 1 aromatic carbocycles. The van der Waals surface area contributed by atoms with Gasteiger partial charge in [-0.3, -0.25) is 4.79 Å². The molecule has 2 N–H and O–H groups in total. The molecule has 2 heterocycles. The molecule has 1 fully saturated rings. The number of carbonyl (C=O) groups excluding carboxylic acids is 1. The molecule has 2 aliphatic heterocycles. The highest BCUT2D eigenvalue weighted by molar-refractivity contribution is 6.05. The Bertz CT molecular complexity index is 600. The van der Waals surface area contributed by atoms with E-state index in [1.165, 1.54) is 0 Å². The van der Waals surface area contributed by atoms with Gasteiger partial charge in [-0.25, -0.2) is 0 Å². The molecule has 1 unspecified atom stereocenters. The fourth-order valence-corrected chi connectivity index (χ4v) is 3.82. The molecule has 0 radical (unpaired) electrons. The number of carbonyl (C=O) groups is 1. The number of amides is 1. The van der Waals surface area contributed by atoms with Crippen LogP contribution in [0, 0.1) is 0 Å². The fourth-order valence-electron chi connectivity index (χ4n) is 3.82. The Morgan fingerprint density at radius 3 is 3.00 bits per heavy atom. The van der Waals surface area contributed by atoms with E-state index in [1.54, 1.807) is 6.08 Å². The molecule has 118 valence electrons. The van der Waals surface area contributed by atoms with Crippen molar-refractivity contribution in [3.8, 4) is 0 Å². The summed E-state index contributed by atoms with van der Waals surface area (Å²) in [7, 11) is 0. The van der Waals surface area contributed by atoms with Gasteiger partial charge in [0.2, 0.25) is 0 Å². The van der Waals surface area contributed by atoms with E-state index >= 15 is 0 Å². The average Bonchev–Trinajstić information content (AvgIpc) is 2.71. The third-order valence-corrected chi connectivity index (χ3v) is 4.67. The van der Waals surface area contributed by atoms with Crippen LogP contribution < -0.4 is 5.32 Å². The number of hydrogen-bond donors (Lipinski definition) is 2. The summed E-state index contributed by atoms with van der Waals surface area (Å²) in [5.41, 5.74) is -0.407. The van der Waals surface area contributed by atoms with Crippen molar-refractivity contribution in [3.63, 3.8) is 0 Å². The number of hydrogen-bond acceptors (Lipinski definition) is 3. The second-order valence-corrected chi connectivity index (χ2v) is 6.45. The largest absolute Gasteiger partial charge is 0.389 e. The molecule has 3 atom stereocenters. The highest BCUT2D eigenvalue weighted by Gasteiger charge is 2.56. The molecule has 4 heteroatoms. The summed E-state index contributed by atoms with van der Waals surface area (Å²) in [6.07, 6.45) is 4.67. The molecule has 1 amide bonds. The van der Waals surface area contributed by atoms with Crippen LogP contribution in [0.5, 0.6) is 0 Å². The van der Waals surface area contributed by atoms with E-state index in [0.29, 0.717) is 12.8 Å². The molecule has 0 aromatic heterocycles. The first-order valence-corrected chi connectivity index (χ1v) is 7.95. The number of aliphatic hydroxyl groups is 1. The Morgan fingerprint density at radius 2 is 2.27 bits per heavy atom. The first-order valence-electron chi connectivity index (χ1n) is 7.95. The second kappa shape index (κ2) is 5.52. The van der Waals surface area contributed by atoms with Crippen molar-refractivity contribution in [2.24, 2.45) is 0 Å². The molecule has 4 nitrogen and oxygen atoms in total. The summed E-state index contributed by atoms with van der Waals surface area (Å²) in [6.45, 7) is 5.83. The zero-order valence-electron chi connectivity index (χ0n) is 13.0. The van der Waals surface area contributed by atoms with Crippen molar-refractivity contribution in [2.45, 2.75) is 56.3 Å². The van der Waals surface area contributed by atoms with Gasteiger partial charge in [0.1, 0.15) is 0 Å². The zero-order valence-corrected chi connectivity index (χ0v) is 13.0. The minimum absolute atomic E-state index is 0.124. The lowest BCUT2D eigenvalue weighted by molar-refractivity contribution is -0.201. The topological polar surface area (TPSA) is 58.6 Å². The molecule has 22 heavy (non-hydrogen) atoms. The first-order chi connectivity index (χ1) is 10.5. The highest BCUT2D eigenvalue weighted by atomic mass is 16.5. The van der Waals surface area contributed by atoms with Crippen LogP contribution in [-0.2, 0) is 15.1 Å². The number of para-hydroxylation sites is 1. The number of anilines is 1. The lowest BCUT2D eigenvalue weighted by Crippen LogP contribution is -2.53. The summed E-state index contributed by atoms with van der Waals surface area (Å²) < 4.78 is 6.25. The van der Waals surface area contributed by atoms with Crippen LogP contribution in [0.15, 0.2) is 36.9 Å². The number of rotatable bonds is 4. The predicted octanol–water partition coefficient (Wildman–Crippen LogP) is 3.12. The van der Waals surface area contributed by atoms with Gasteiger partial charge in [-0.15, -0.1) is 6.58 Å². The average molecular weight is 301 g/mol. The Morgan fingerprint density at radius 1 is 1.50 bits per heavy atom. The van der Waals surface area contributed by atoms with Crippen molar-refractivity contribution >= 4 is 11.6 Å². The van der Waals surface area contributed by atoms with Gasteiger partial charge >= 0.3 is 0 Å². The number of nitrogens with one attached hydrogen (secondary N) is 1. The van der Waals surface area contributed by atoms with E-state index in [-0.39, 0.29) is 18.4 Å². The highest BCUT2D eigenvalue weighted by Crippen LogP contribution is 2.50. The van der Waals surface area contributed by atoms with Gasteiger partial charge in [0, 0.05) is 24.1 Å². The summed E-state index contributed by atoms with van der Waals surface area (Å²) >= 11 is 0. The monoisotopic (exact) mass is 301 g/mol. The Kier molecular flexibility index (Phi) is 3.83. The third-order valence-electron chi connectivity index (χ3n) is 4.67. The van der Waals surface area contributed by atoms with Crippen LogP contribution in [0.1, 0.15) is 44.6 Å². The van der Waals surface area contributed by atoms with E-state index in [0.717, 1.165) is 24.1 Å². The number of fused-ring (bicyclic) bond motifs is 2. The molecular formula is C18H23NO3. The van der Waals surface area contributed by atoms with Gasteiger partial charge in [0.25, 0.3) is 5.91 Å². The lowest BCUT2D eigenvalue weighted by Gasteiger charge is -2.45. The molecule has 1 saturated heterocycles. The summed E-state index contributed by atoms with van der Waals surface area (Å²) in [6, 6.07) is 7.58. The van der Waals surface area contributed by atoms with Crippen molar-refractivity contribution < 1.29 is 14.6 Å². The minimum Gasteiger partial charge on any atom is -0.389 e. The minimum atomic E-state index is -1.08. The quantitative estimate of drug-likeness (QED) is 0.840. The molecule has 0 bridgehead atoms. The van der Waals surface area contributed by atoms with E-state index in [4.69, 9.17) is 4.74 Å². The van der Waals surface area contributed by atoms with Gasteiger partial charge in [-0.2, -0.15) is 0 Å². The standard InChI is InChI=1S/C18H23NO3/c1-3-7-13-11-17(21,10-4-2)12-18(22-13)14-8-5-6-9-15(14)19-16(18)20/h4-6,8-9,13,21H,2-3,7,10-12H2,1H3,(H,19,20)/t13-,17+,18?/m0/s1. The van der Waals surface area contributed by atoms with Crippen molar-refractivity contribution in [1.29, 1.82) is 0 Å². The third kappa shape index (κ3) is 2.36. The predicted molar refractivity (Wildman–Crippen MR) is 85.5 cm³/mol. The van der Waals surface area contributed by atoms with E-state index in [2.05, 4.69) is 18.8 Å². The van der Waals surface area contributed by atoms with E-state index in [9.17, 15) is 9.90 Å². The van der Waals surface area contributed by atoms with Gasteiger partial charge < -0.3 is 15.2 Å². The normalized spacial score (nSPS) is 33.5. The van der Waals surface area contributed by atoms with Crippen LogP contribution >= 0.6 is 0 Å². The van der Waals surface area contributed by atoms with Crippen LogP contribution in [0.3, 0.4) is 0 Å². The molecule has 0 aliphatic carbocycles. The Labute approximate surface area is 131 Å². The van der Waals surface area contributed by atoms with Gasteiger partial charge in [-0.05, 0) is 18.9 Å². The van der Waals surface area contributed by atoms with Gasteiger partial charge in [0.05, 0.1) is 11.7 Å². The van der Waals surface area contributed by atoms with Crippen molar-refractivity contribution in [3.05, 3.63) is 42.5 Å². The molecule has 1 spiro atoms. The number of benzene rings is 1. The molecule has 2 aliphatic rings. The van der Waals surface area contributed by atoms with Crippen LogP contribution in [-0.4, -0.2) is 22.7 Å². The first kappa shape index (κ1) is 15.3. The van der Waals surface area contributed by atoms with Crippen molar-refractivity contribution in [2.75, 3.05) is 5.32 Å². The Balaban J connectivity index is 2.04. The summed E-state index contributed by atoms with van der Waals surface area (Å²) in [5, 5.41) is 13.9. The SMILES string of the molecule is C=CC[C@@]1(O)C[C@H](CCC)OC2(C1)C(=O)Nc1ccccc12. The molecular weight excluding hydrogens is 278 g/mol. The maximum absolute atomic E-state index is 12.7. The fraction of sp³-hybridized carbons (Fsp3) is 0.500. The maximum atomic E-state index is 12.7. The van der Waals surface area contributed by atoms with Gasteiger partial charge in [-0.1, -0.05) is 37.6 Å². The van der Waals surface area contributed by atoms with Crippen LogP contribution in [0.25, 0.3) is 0 Å². The maximum Gasteiger partial charge on any atom is 0.261 e.